The van der Waals surface area contributed by atoms with E-state index in [4.69, 9.17) is 14.4 Å². The van der Waals surface area contributed by atoms with Crippen LogP contribution in [0.15, 0.2) is 59.3 Å². The van der Waals surface area contributed by atoms with Crippen LogP contribution in [0.2, 0.25) is 0 Å². The van der Waals surface area contributed by atoms with Crippen LogP contribution < -0.4 is 0 Å². The Morgan fingerprint density at radius 2 is 1.82 bits per heavy atom. The normalized spacial score (nSPS) is 19.1. The van der Waals surface area contributed by atoms with Crippen LogP contribution in [0, 0.1) is 0 Å². The molecule has 6 rings (SSSR count). The van der Waals surface area contributed by atoms with Crippen LogP contribution in [-0.2, 0) is 13.0 Å². The largest absolute Gasteiger partial charge is 0.454 e. The summed E-state index contributed by atoms with van der Waals surface area (Å²) in [6, 6.07) is 15.1. The minimum absolute atomic E-state index is 0.341. The number of nitrogens with zero attached hydrogens (tertiary/aromatic N) is 4. The second kappa shape index (κ2) is 9.85. The molecule has 4 heterocycles. The second-order valence-corrected chi connectivity index (χ2v) is 9.91. The molecule has 1 aromatic carbocycles. The lowest BCUT2D eigenvalue weighted by atomic mass is 9.90. The van der Waals surface area contributed by atoms with E-state index in [0.29, 0.717) is 6.04 Å². The Kier molecular flexibility index (Phi) is 6.30. The van der Waals surface area contributed by atoms with Crippen molar-refractivity contribution in [3.05, 3.63) is 71.8 Å². The second-order valence-electron chi connectivity index (χ2n) is 9.91. The van der Waals surface area contributed by atoms with Crippen molar-refractivity contribution in [1.29, 1.82) is 0 Å². The number of benzene rings is 1. The average Bonchev–Trinajstić information content (AvgIpc) is 3.28. The Morgan fingerprint density at radius 3 is 2.76 bits per heavy atom. The molecule has 0 N–H and O–H groups in total. The first-order valence-electron chi connectivity index (χ1n) is 13.0. The highest BCUT2D eigenvalue weighted by atomic mass is 16.3. The van der Waals surface area contributed by atoms with Gasteiger partial charge in [0.15, 0.2) is 5.58 Å². The molecule has 34 heavy (non-hydrogen) atoms. The standard InChI is InChI=1S/C29H34N4O/c1-4-17-32(18-5-1)19-8-20-33(26-12-6-9-22-10-7-15-31-28(22)26)21-25-29-24(14-16-30-25)23-11-2-3-13-27(23)34-29/h2-3,7,10-11,13-16,26H,1,4-6,8-9,12,17-21H2. The SMILES string of the molecule is c1cnc2c(c1)CCCC2N(CCCN1CCCCC1)Cc1nccc2c1oc1ccccc12. The van der Waals surface area contributed by atoms with E-state index in [0.717, 1.165) is 48.2 Å². The Morgan fingerprint density at radius 1 is 0.912 bits per heavy atom. The van der Waals surface area contributed by atoms with E-state index < -0.39 is 0 Å². The van der Waals surface area contributed by atoms with Gasteiger partial charge in [0, 0.05) is 36.3 Å². The summed E-state index contributed by atoms with van der Waals surface area (Å²) in [4.78, 5) is 15.0. The average molecular weight is 455 g/mol. The number of likely N-dealkylation sites (tertiary alicyclic amines) is 1. The van der Waals surface area contributed by atoms with Crippen molar-refractivity contribution in [2.45, 2.75) is 57.5 Å². The highest BCUT2D eigenvalue weighted by Crippen LogP contribution is 2.36. The highest BCUT2D eigenvalue weighted by Gasteiger charge is 2.28. The Bertz CT molecular complexity index is 1260. The maximum atomic E-state index is 6.33. The van der Waals surface area contributed by atoms with E-state index in [9.17, 15) is 0 Å². The minimum Gasteiger partial charge on any atom is -0.454 e. The van der Waals surface area contributed by atoms with E-state index >= 15 is 0 Å². The molecule has 4 aromatic rings. The summed E-state index contributed by atoms with van der Waals surface area (Å²) >= 11 is 0. The van der Waals surface area contributed by atoms with E-state index in [-0.39, 0.29) is 0 Å². The van der Waals surface area contributed by atoms with Gasteiger partial charge >= 0.3 is 0 Å². The summed E-state index contributed by atoms with van der Waals surface area (Å²) in [7, 11) is 0. The van der Waals surface area contributed by atoms with Gasteiger partial charge in [-0.25, -0.2) is 0 Å². The number of fused-ring (bicyclic) bond motifs is 4. The predicted octanol–water partition coefficient (Wildman–Crippen LogP) is 6.13. The van der Waals surface area contributed by atoms with Gasteiger partial charge in [-0.15, -0.1) is 0 Å². The molecule has 0 radical (unpaired) electrons. The van der Waals surface area contributed by atoms with E-state index in [2.05, 4.69) is 46.2 Å². The Labute approximate surface area is 201 Å². The molecule has 2 aliphatic rings. The molecule has 1 atom stereocenters. The van der Waals surface area contributed by atoms with Crippen molar-refractivity contribution < 1.29 is 4.42 Å². The molecule has 0 bridgehead atoms. The fourth-order valence-corrected chi connectivity index (χ4v) is 5.98. The van der Waals surface area contributed by atoms with E-state index in [1.807, 2.05) is 18.5 Å². The van der Waals surface area contributed by atoms with Crippen LogP contribution in [0.1, 0.15) is 61.5 Å². The van der Waals surface area contributed by atoms with Crippen LogP contribution in [0.3, 0.4) is 0 Å². The van der Waals surface area contributed by atoms with Gasteiger partial charge in [0.1, 0.15) is 5.58 Å². The van der Waals surface area contributed by atoms with E-state index in [1.165, 1.54) is 68.4 Å². The molecule has 3 aromatic heterocycles. The first-order valence-corrected chi connectivity index (χ1v) is 13.0. The van der Waals surface area contributed by atoms with Gasteiger partial charge in [0.05, 0.1) is 17.4 Å². The molecule has 1 aliphatic carbocycles. The number of piperidine rings is 1. The number of pyridine rings is 2. The number of aromatic nitrogens is 2. The fraction of sp³-hybridized carbons (Fsp3) is 0.448. The lowest BCUT2D eigenvalue weighted by molar-refractivity contribution is 0.146. The van der Waals surface area contributed by atoms with Crippen molar-refractivity contribution in [1.82, 2.24) is 19.8 Å². The van der Waals surface area contributed by atoms with Gasteiger partial charge in [0.2, 0.25) is 0 Å². The molecule has 0 spiro atoms. The summed E-state index contributed by atoms with van der Waals surface area (Å²) in [6.45, 7) is 5.54. The molecule has 1 saturated heterocycles. The summed E-state index contributed by atoms with van der Waals surface area (Å²) < 4.78 is 6.33. The summed E-state index contributed by atoms with van der Waals surface area (Å²) in [6.07, 6.45) is 12.7. The molecular formula is C29H34N4O. The third-order valence-corrected chi connectivity index (χ3v) is 7.69. The summed E-state index contributed by atoms with van der Waals surface area (Å²) in [5, 5.41) is 2.33. The van der Waals surface area contributed by atoms with Crippen molar-refractivity contribution >= 4 is 21.9 Å². The predicted molar refractivity (Wildman–Crippen MR) is 137 cm³/mol. The zero-order valence-electron chi connectivity index (χ0n) is 20.0. The van der Waals surface area contributed by atoms with E-state index in [1.54, 1.807) is 0 Å². The smallest absolute Gasteiger partial charge is 0.158 e. The molecule has 5 heteroatoms. The van der Waals surface area contributed by atoms with Crippen LogP contribution in [-0.4, -0.2) is 45.9 Å². The van der Waals surface area contributed by atoms with Gasteiger partial charge in [-0.2, -0.15) is 0 Å². The van der Waals surface area contributed by atoms with Gasteiger partial charge in [-0.3, -0.25) is 14.9 Å². The van der Waals surface area contributed by atoms with Crippen molar-refractivity contribution in [2.75, 3.05) is 26.2 Å². The molecular weight excluding hydrogens is 420 g/mol. The lowest BCUT2D eigenvalue weighted by Crippen LogP contribution is -2.36. The molecule has 176 valence electrons. The van der Waals surface area contributed by atoms with Gasteiger partial charge in [-0.1, -0.05) is 30.7 Å². The summed E-state index contributed by atoms with van der Waals surface area (Å²) in [5.41, 5.74) is 5.59. The first kappa shape index (κ1) is 21.8. The van der Waals surface area contributed by atoms with Gasteiger partial charge in [-0.05, 0) is 81.9 Å². The molecule has 1 aliphatic heterocycles. The fourth-order valence-electron chi connectivity index (χ4n) is 5.98. The molecule has 5 nitrogen and oxygen atoms in total. The maximum absolute atomic E-state index is 6.33. The molecule has 0 amide bonds. The van der Waals surface area contributed by atoms with Crippen LogP contribution in [0.4, 0.5) is 0 Å². The number of furan rings is 1. The number of hydrogen-bond acceptors (Lipinski definition) is 5. The third kappa shape index (κ3) is 4.35. The molecule has 0 saturated carbocycles. The Balaban J connectivity index is 1.30. The quantitative estimate of drug-likeness (QED) is 0.336. The number of para-hydroxylation sites is 1. The zero-order valence-corrected chi connectivity index (χ0v) is 20.0. The first-order chi connectivity index (χ1) is 16.9. The lowest BCUT2D eigenvalue weighted by Gasteiger charge is -2.35. The number of aryl methyl sites for hydroxylation is 1. The van der Waals surface area contributed by atoms with Crippen LogP contribution in [0.25, 0.3) is 21.9 Å². The topological polar surface area (TPSA) is 45.4 Å². The van der Waals surface area contributed by atoms with Crippen LogP contribution in [0.5, 0.6) is 0 Å². The summed E-state index contributed by atoms with van der Waals surface area (Å²) in [5.74, 6) is 0. The van der Waals surface area contributed by atoms with Gasteiger partial charge < -0.3 is 9.32 Å². The maximum Gasteiger partial charge on any atom is 0.158 e. The van der Waals surface area contributed by atoms with Crippen LogP contribution >= 0.6 is 0 Å². The monoisotopic (exact) mass is 454 g/mol. The minimum atomic E-state index is 0.341. The van der Waals surface area contributed by atoms with Crippen molar-refractivity contribution in [3.8, 4) is 0 Å². The zero-order chi connectivity index (χ0) is 22.7. The Hall–Kier alpha value is -2.76. The van der Waals surface area contributed by atoms with Crippen molar-refractivity contribution in [2.24, 2.45) is 0 Å². The molecule has 1 fully saturated rings. The number of rotatable bonds is 7. The van der Waals surface area contributed by atoms with Gasteiger partial charge in [0.25, 0.3) is 0 Å². The number of hydrogen-bond donors (Lipinski definition) is 0. The third-order valence-electron chi connectivity index (χ3n) is 7.69. The van der Waals surface area contributed by atoms with Crippen molar-refractivity contribution in [3.63, 3.8) is 0 Å². The molecule has 1 unspecified atom stereocenters. The highest BCUT2D eigenvalue weighted by molar-refractivity contribution is 6.05.